The van der Waals surface area contributed by atoms with Crippen LogP contribution in [-0.2, 0) is 0 Å². The quantitative estimate of drug-likeness (QED) is 0.724. The Morgan fingerprint density at radius 2 is 1.89 bits per heavy atom. The fraction of sp³-hybridized carbons (Fsp3) is 0.0714. The average Bonchev–Trinajstić information content (AvgIpc) is 2.35. The fourth-order valence-electron chi connectivity index (χ4n) is 1.64. The van der Waals surface area contributed by atoms with Gasteiger partial charge in [0.25, 0.3) is 0 Å². The lowest BCUT2D eigenvalue weighted by Gasteiger charge is -2.10. The van der Waals surface area contributed by atoms with Crippen molar-refractivity contribution in [1.29, 1.82) is 0 Å². The van der Waals surface area contributed by atoms with Gasteiger partial charge in [-0.3, -0.25) is 0 Å². The molecular weight excluding hydrogens is 245 g/mol. The molecule has 0 aliphatic rings. The molecule has 0 aromatic heterocycles. The van der Waals surface area contributed by atoms with Crippen LogP contribution in [0.2, 0.25) is 0 Å². The number of nitrogen functional groups attached to an aromatic ring is 1. The van der Waals surface area contributed by atoms with Crippen LogP contribution in [0.3, 0.4) is 0 Å². The number of anilines is 3. The molecule has 4 nitrogen and oxygen atoms in total. The van der Waals surface area contributed by atoms with E-state index in [0.29, 0.717) is 22.6 Å². The van der Waals surface area contributed by atoms with Gasteiger partial charge in [-0.05, 0) is 37.3 Å². The summed E-state index contributed by atoms with van der Waals surface area (Å²) in [6.07, 6.45) is 0. The van der Waals surface area contributed by atoms with Gasteiger partial charge in [0.15, 0.2) is 0 Å². The van der Waals surface area contributed by atoms with Gasteiger partial charge in [0.05, 0.1) is 0 Å². The largest absolute Gasteiger partial charge is 0.399 e. The van der Waals surface area contributed by atoms with Crippen LogP contribution in [0.15, 0.2) is 42.5 Å². The van der Waals surface area contributed by atoms with Gasteiger partial charge in [-0.1, -0.05) is 12.1 Å². The molecule has 19 heavy (non-hydrogen) atoms. The molecular formula is C14H14FN3O. The van der Waals surface area contributed by atoms with Crippen LogP contribution >= 0.6 is 0 Å². The van der Waals surface area contributed by atoms with Crippen molar-refractivity contribution in [1.82, 2.24) is 0 Å². The standard InChI is InChI=1S/C14H14FN3O/c1-9-12(15)6-3-7-13(9)18-14(19)17-11-5-2-4-10(16)8-11/h2-8H,16H2,1H3,(H2,17,18,19). The monoisotopic (exact) mass is 259 g/mol. The van der Waals surface area contributed by atoms with Gasteiger partial charge in [-0.15, -0.1) is 0 Å². The number of hydrogen-bond acceptors (Lipinski definition) is 2. The zero-order valence-electron chi connectivity index (χ0n) is 10.4. The normalized spacial score (nSPS) is 10.0. The molecule has 0 fully saturated rings. The van der Waals surface area contributed by atoms with Crippen molar-refractivity contribution in [3.05, 3.63) is 53.8 Å². The van der Waals surface area contributed by atoms with Crippen molar-refractivity contribution in [2.75, 3.05) is 16.4 Å². The van der Waals surface area contributed by atoms with Gasteiger partial charge in [0.1, 0.15) is 5.82 Å². The van der Waals surface area contributed by atoms with Crippen molar-refractivity contribution < 1.29 is 9.18 Å². The summed E-state index contributed by atoms with van der Waals surface area (Å²) in [4.78, 5) is 11.8. The second kappa shape index (κ2) is 5.39. The lowest BCUT2D eigenvalue weighted by molar-refractivity contribution is 0.262. The SMILES string of the molecule is Cc1c(F)cccc1NC(=O)Nc1cccc(N)c1. The van der Waals surface area contributed by atoms with Crippen molar-refractivity contribution in [3.8, 4) is 0 Å². The van der Waals surface area contributed by atoms with Gasteiger partial charge < -0.3 is 16.4 Å². The van der Waals surface area contributed by atoms with Gasteiger partial charge in [-0.25, -0.2) is 9.18 Å². The van der Waals surface area contributed by atoms with Crippen molar-refractivity contribution in [2.45, 2.75) is 6.92 Å². The van der Waals surface area contributed by atoms with E-state index < -0.39 is 6.03 Å². The first-order valence-corrected chi connectivity index (χ1v) is 5.75. The number of rotatable bonds is 2. The minimum atomic E-state index is -0.445. The molecule has 4 N–H and O–H groups in total. The van der Waals surface area contributed by atoms with Crippen molar-refractivity contribution in [2.24, 2.45) is 0 Å². The second-order valence-corrected chi connectivity index (χ2v) is 4.12. The van der Waals surface area contributed by atoms with Crippen LogP contribution < -0.4 is 16.4 Å². The molecule has 2 aromatic carbocycles. The minimum absolute atomic E-state index is 0.359. The Morgan fingerprint density at radius 3 is 2.63 bits per heavy atom. The highest BCUT2D eigenvalue weighted by Gasteiger charge is 2.07. The second-order valence-electron chi connectivity index (χ2n) is 4.12. The van der Waals surface area contributed by atoms with Crippen LogP contribution in [0, 0.1) is 12.7 Å². The molecule has 0 aliphatic heterocycles. The number of amides is 2. The number of nitrogens with one attached hydrogen (secondary N) is 2. The van der Waals surface area contributed by atoms with E-state index in [4.69, 9.17) is 5.73 Å². The first-order valence-electron chi connectivity index (χ1n) is 5.75. The summed E-state index contributed by atoms with van der Waals surface area (Å²) in [6.45, 7) is 1.60. The maximum atomic E-state index is 13.3. The van der Waals surface area contributed by atoms with Gasteiger partial charge >= 0.3 is 6.03 Å². The Kier molecular flexibility index (Phi) is 3.66. The third-order valence-corrected chi connectivity index (χ3v) is 2.66. The highest BCUT2D eigenvalue weighted by atomic mass is 19.1. The predicted octanol–water partition coefficient (Wildman–Crippen LogP) is 3.36. The van der Waals surface area contributed by atoms with E-state index in [1.54, 1.807) is 43.3 Å². The molecule has 0 bridgehead atoms. The van der Waals surface area contributed by atoms with E-state index in [0.717, 1.165) is 0 Å². The Labute approximate surface area is 110 Å². The summed E-state index contributed by atoms with van der Waals surface area (Å²) < 4.78 is 13.3. The number of benzene rings is 2. The maximum absolute atomic E-state index is 13.3. The molecule has 2 rings (SSSR count). The minimum Gasteiger partial charge on any atom is -0.399 e. The number of halogens is 1. The van der Waals surface area contributed by atoms with Gasteiger partial charge in [0.2, 0.25) is 0 Å². The highest BCUT2D eigenvalue weighted by Crippen LogP contribution is 2.18. The zero-order valence-corrected chi connectivity index (χ0v) is 10.4. The fourth-order valence-corrected chi connectivity index (χ4v) is 1.64. The topological polar surface area (TPSA) is 67.2 Å². The Balaban J connectivity index is 2.08. The van der Waals surface area contributed by atoms with Gasteiger partial charge in [-0.2, -0.15) is 0 Å². The van der Waals surface area contributed by atoms with E-state index in [9.17, 15) is 9.18 Å². The molecule has 0 aliphatic carbocycles. The molecule has 5 heteroatoms. The smallest absolute Gasteiger partial charge is 0.323 e. The number of carbonyl (C=O) groups is 1. The summed E-state index contributed by atoms with van der Waals surface area (Å²) >= 11 is 0. The van der Waals surface area contributed by atoms with E-state index in [1.165, 1.54) is 6.07 Å². The molecule has 0 heterocycles. The summed E-state index contributed by atoms with van der Waals surface area (Å²) in [5.74, 6) is -0.359. The van der Waals surface area contributed by atoms with E-state index in [1.807, 2.05) is 0 Å². The molecule has 2 amide bonds. The molecule has 98 valence electrons. The Hall–Kier alpha value is -2.56. The third kappa shape index (κ3) is 3.22. The molecule has 0 saturated carbocycles. The van der Waals surface area contributed by atoms with Crippen molar-refractivity contribution in [3.63, 3.8) is 0 Å². The molecule has 0 radical (unpaired) electrons. The molecule has 0 unspecified atom stereocenters. The van der Waals surface area contributed by atoms with Crippen molar-refractivity contribution >= 4 is 23.1 Å². The zero-order chi connectivity index (χ0) is 13.8. The van der Waals surface area contributed by atoms with Crippen LogP contribution in [-0.4, -0.2) is 6.03 Å². The third-order valence-electron chi connectivity index (χ3n) is 2.66. The first-order chi connectivity index (χ1) is 9.06. The summed E-state index contributed by atoms with van der Waals surface area (Å²) in [5.41, 5.74) is 7.57. The molecule has 0 saturated heterocycles. The average molecular weight is 259 g/mol. The highest BCUT2D eigenvalue weighted by molar-refractivity contribution is 6.00. The molecule has 0 spiro atoms. The van der Waals surface area contributed by atoms with Crippen LogP contribution in [0.1, 0.15) is 5.56 Å². The van der Waals surface area contributed by atoms with Gasteiger partial charge in [0, 0.05) is 22.6 Å². The summed E-state index contributed by atoms with van der Waals surface area (Å²) in [5, 5.41) is 5.21. The lowest BCUT2D eigenvalue weighted by atomic mass is 10.2. The Morgan fingerprint density at radius 1 is 1.16 bits per heavy atom. The van der Waals surface area contributed by atoms with E-state index >= 15 is 0 Å². The summed E-state index contributed by atoms with van der Waals surface area (Å²) in [6, 6.07) is 10.9. The number of urea groups is 1. The summed E-state index contributed by atoms with van der Waals surface area (Å²) in [7, 11) is 0. The van der Waals surface area contributed by atoms with E-state index in [2.05, 4.69) is 10.6 Å². The van der Waals surface area contributed by atoms with Crippen LogP contribution in [0.25, 0.3) is 0 Å². The van der Waals surface area contributed by atoms with E-state index in [-0.39, 0.29) is 5.82 Å². The van der Waals surface area contributed by atoms with Crippen LogP contribution in [0.4, 0.5) is 26.2 Å². The number of nitrogens with two attached hydrogens (primary N) is 1. The lowest BCUT2D eigenvalue weighted by Crippen LogP contribution is -2.20. The number of carbonyl (C=O) groups excluding carboxylic acids is 1. The number of hydrogen-bond donors (Lipinski definition) is 3. The Bertz CT molecular complexity index is 613. The predicted molar refractivity (Wildman–Crippen MR) is 74.6 cm³/mol. The first kappa shape index (κ1) is 12.9. The molecule has 0 atom stereocenters. The van der Waals surface area contributed by atoms with Crippen LogP contribution in [0.5, 0.6) is 0 Å². The maximum Gasteiger partial charge on any atom is 0.323 e. The molecule has 2 aromatic rings.